The largest absolute Gasteiger partial charge is 0.376 e. The summed E-state index contributed by atoms with van der Waals surface area (Å²) in [5, 5.41) is 0. The maximum absolute atomic E-state index is 13.5. The number of rotatable bonds is 4. The SMILES string of the molecule is NNC(Cc1ccccc1F)C1COCCO1. The second-order valence-electron chi connectivity index (χ2n) is 4.05. The molecule has 1 aliphatic rings. The van der Waals surface area contributed by atoms with E-state index in [0.29, 0.717) is 31.8 Å². The number of nitrogens with one attached hydrogen (secondary N) is 1. The van der Waals surface area contributed by atoms with Crippen molar-refractivity contribution in [3.8, 4) is 0 Å². The van der Waals surface area contributed by atoms with Crippen molar-refractivity contribution in [2.75, 3.05) is 19.8 Å². The Kier molecular flexibility index (Phi) is 4.44. The lowest BCUT2D eigenvalue weighted by Gasteiger charge is -2.30. The monoisotopic (exact) mass is 240 g/mol. The standard InChI is InChI=1S/C12H17FN2O2/c13-10-4-2-1-3-9(10)7-11(15-14)12-8-16-5-6-17-12/h1-4,11-12,15H,5-8,14H2. The van der Waals surface area contributed by atoms with E-state index >= 15 is 0 Å². The van der Waals surface area contributed by atoms with Crippen molar-refractivity contribution in [1.29, 1.82) is 0 Å². The van der Waals surface area contributed by atoms with Crippen LogP contribution in [0, 0.1) is 5.82 Å². The summed E-state index contributed by atoms with van der Waals surface area (Å²) < 4.78 is 24.4. The van der Waals surface area contributed by atoms with E-state index in [1.54, 1.807) is 12.1 Å². The van der Waals surface area contributed by atoms with Crippen LogP contribution in [0.25, 0.3) is 0 Å². The highest BCUT2D eigenvalue weighted by molar-refractivity contribution is 5.18. The molecule has 2 rings (SSSR count). The fourth-order valence-electron chi connectivity index (χ4n) is 1.94. The van der Waals surface area contributed by atoms with E-state index in [-0.39, 0.29) is 18.0 Å². The molecule has 0 aliphatic carbocycles. The number of hydrogen-bond donors (Lipinski definition) is 2. The first kappa shape index (κ1) is 12.4. The number of ether oxygens (including phenoxy) is 2. The van der Waals surface area contributed by atoms with Gasteiger partial charge in [0.15, 0.2) is 0 Å². The van der Waals surface area contributed by atoms with Crippen molar-refractivity contribution in [3.63, 3.8) is 0 Å². The van der Waals surface area contributed by atoms with Gasteiger partial charge in [-0.25, -0.2) is 4.39 Å². The van der Waals surface area contributed by atoms with Crippen LogP contribution in [0.1, 0.15) is 5.56 Å². The van der Waals surface area contributed by atoms with E-state index in [9.17, 15) is 4.39 Å². The molecule has 0 amide bonds. The second-order valence-corrected chi connectivity index (χ2v) is 4.05. The van der Waals surface area contributed by atoms with Crippen LogP contribution in [0.5, 0.6) is 0 Å². The minimum atomic E-state index is -0.218. The Bertz CT molecular complexity index is 356. The topological polar surface area (TPSA) is 56.5 Å². The van der Waals surface area contributed by atoms with E-state index < -0.39 is 0 Å². The first-order chi connectivity index (χ1) is 8.31. The first-order valence-corrected chi connectivity index (χ1v) is 5.70. The Labute approximate surface area is 99.9 Å². The minimum Gasteiger partial charge on any atom is -0.376 e. The van der Waals surface area contributed by atoms with Gasteiger partial charge in [0, 0.05) is 0 Å². The molecule has 2 atom stereocenters. The quantitative estimate of drug-likeness (QED) is 0.598. The maximum atomic E-state index is 13.5. The average Bonchev–Trinajstić information content (AvgIpc) is 2.39. The van der Waals surface area contributed by atoms with Gasteiger partial charge in [-0.15, -0.1) is 0 Å². The Balaban J connectivity index is 2.01. The van der Waals surface area contributed by atoms with Gasteiger partial charge in [-0.3, -0.25) is 11.3 Å². The zero-order valence-electron chi connectivity index (χ0n) is 9.56. The molecule has 5 heteroatoms. The fourth-order valence-corrected chi connectivity index (χ4v) is 1.94. The van der Waals surface area contributed by atoms with Crippen molar-refractivity contribution < 1.29 is 13.9 Å². The average molecular weight is 240 g/mol. The number of halogens is 1. The summed E-state index contributed by atoms with van der Waals surface area (Å²) in [6, 6.07) is 6.53. The van der Waals surface area contributed by atoms with Crippen molar-refractivity contribution in [1.82, 2.24) is 5.43 Å². The summed E-state index contributed by atoms with van der Waals surface area (Å²) in [6.45, 7) is 1.65. The number of hydrogen-bond acceptors (Lipinski definition) is 4. The van der Waals surface area contributed by atoms with Gasteiger partial charge in [0.1, 0.15) is 5.82 Å². The van der Waals surface area contributed by atoms with Crippen LogP contribution in [0.2, 0.25) is 0 Å². The molecule has 1 aliphatic heterocycles. The molecule has 94 valence electrons. The molecule has 2 unspecified atom stereocenters. The summed E-state index contributed by atoms with van der Waals surface area (Å²) >= 11 is 0. The minimum absolute atomic E-state index is 0.131. The molecule has 0 saturated carbocycles. The van der Waals surface area contributed by atoms with Gasteiger partial charge in [0.05, 0.1) is 32.0 Å². The van der Waals surface area contributed by atoms with Gasteiger partial charge in [-0.05, 0) is 18.1 Å². The van der Waals surface area contributed by atoms with E-state index in [2.05, 4.69) is 5.43 Å². The predicted molar refractivity (Wildman–Crippen MR) is 61.8 cm³/mol. The zero-order valence-corrected chi connectivity index (χ0v) is 9.56. The second kappa shape index (κ2) is 6.07. The molecule has 0 aromatic heterocycles. The summed E-state index contributed by atoms with van der Waals surface area (Å²) in [5.41, 5.74) is 3.31. The molecule has 0 radical (unpaired) electrons. The third-order valence-corrected chi connectivity index (χ3v) is 2.90. The number of benzene rings is 1. The normalized spacial score (nSPS) is 22.4. The van der Waals surface area contributed by atoms with Gasteiger partial charge in [0.25, 0.3) is 0 Å². The Morgan fingerprint density at radius 3 is 2.88 bits per heavy atom. The van der Waals surface area contributed by atoms with Gasteiger partial charge in [-0.2, -0.15) is 0 Å². The lowest BCUT2D eigenvalue weighted by molar-refractivity contribution is -0.101. The summed E-state index contributed by atoms with van der Waals surface area (Å²) in [7, 11) is 0. The van der Waals surface area contributed by atoms with Crippen molar-refractivity contribution >= 4 is 0 Å². The third kappa shape index (κ3) is 3.23. The Morgan fingerprint density at radius 2 is 2.24 bits per heavy atom. The summed E-state index contributed by atoms with van der Waals surface area (Å²) in [5.74, 6) is 5.28. The summed E-state index contributed by atoms with van der Waals surface area (Å²) in [4.78, 5) is 0. The van der Waals surface area contributed by atoms with E-state index in [4.69, 9.17) is 15.3 Å². The van der Waals surface area contributed by atoms with Crippen LogP contribution in [-0.4, -0.2) is 32.0 Å². The smallest absolute Gasteiger partial charge is 0.126 e. The van der Waals surface area contributed by atoms with Gasteiger partial charge >= 0.3 is 0 Å². The van der Waals surface area contributed by atoms with E-state index in [1.807, 2.05) is 6.07 Å². The molecule has 1 aromatic rings. The van der Waals surface area contributed by atoms with Crippen LogP contribution in [0.4, 0.5) is 4.39 Å². The molecular weight excluding hydrogens is 223 g/mol. The van der Waals surface area contributed by atoms with Crippen LogP contribution in [0.15, 0.2) is 24.3 Å². The molecule has 1 heterocycles. The highest BCUT2D eigenvalue weighted by Gasteiger charge is 2.25. The molecule has 1 aromatic carbocycles. The highest BCUT2D eigenvalue weighted by atomic mass is 19.1. The highest BCUT2D eigenvalue weighted by Crippen LogP contribution is 2.14. The fraction of sp³-hybridized carbons (Fsp3) is 0.500. The molecule has 0 spiro atoms. The molecule has 1 saturated heterocycles. The molecule has 1 fully saturated rings. The lowest BCUT2D eigenvalue weighted by Crippen LogP contribution is -2.50. The van der Waals surface area contributed by atoms with Crippen molar-refractivity contribution in [2.45, 2.75) is 18.6 Å². The number of hydrazine groups is 1. The van der Waals surface area contributed by atoms with Crippen LogP contribution in [0.3, 0.4) is 0 Å². The third-order valence-electron chi connectivity index (χ3n) is 2.90. The summed E-state index contributed by atoms with van der Waals surface area (Å²) in [6.07, 6.45) is 0.352. The van der Waals surface area contributed by atoms with Crippen molar-refractivity contribution in [3.05, 3.63) is 35.6 Å². The van der Waals surface area contributed by atoms with Gasteiger partial charge < -0.3 is 9.47 Å². The van der Waals surface area contributed by atoms with Crippen LogP contribution in [-0.2, 0) is 15.9 Å². The van der Waals surface area contributed by atoms with E-state index in [0.717, 1.165) is 0 Å². The lowest BCUT2D eigenvalue weighted by atomic mass is 10.0. The Hall–Kier alpha value is -1.01. The molecule has 3 N–H and O–H groups in total. The first-order valence-electron chi connectivity index (χ1n) is 5.70. The van der Waals surface area contributed by atoms with Crippen molar-refractivity contribution in [2.24, 2.45) is 5.84 Å². The Morgan fingerprint density at radius 1 is 1.41 bits per heavy atom. The predicted octanol–water partition coefficient (Wildman–Crippen LogP) is 0.615. The molecule has 17 heavy (non-hydrogen) atoms. The maximum Gasteiger partial charge on any atom is 0.126 e. The van der Waals surface area contributed by atoms with Gasteiger partial charge in [-0.1, -0.05) is 18.2 Å². The van der Waals surface area contributed by atoms with E-state index in [1.165, 1.54) is 6.07 Å². The van der Waals surface area contributed by atoms with Crippen LogP contribution >= 0.6 is 0 Å². The molecule has 0 bridgehead atoms. The number of nitrogens with two attached hydrogens (primary N) is 1. The zero-order chi connectivity index (χ0) is 12.1. The van der Waals surface area contributed by atoms with Gasteiger partial charge in [0.2, 0.25) is 0 Å². The molecule has 4 nitrogen and oxygen atoms in total. The molecular formula is C12H17FN2O2. The van der Waals surface area contributed by atoms with Crippen LogP contribution < -0.4 is 11.3 Å².